The molecule has 0 bridgehead atoms. The Morgan fingerprint density at radius 1 is 1.32 bits per heavy atom. The summed E-state index contributed by atoms with van der Waals surface area (Å²) in [6.07, 6.45) is 1.95. The van der Waals surface area contributed by atoms with Crippen molar-refractivity contribution in [2.75, 3.05) is 6.54 Å². The van der Waals surface area contributed by atoms with Gasteiger partial charge in [0.25, 0.3) is 0 Å². The molecule has 108 valence electrons. The molecule has 5 heteroatoms. The van der Waals surface area contributed by atoms with Crippen LogP contribution in [0.15, 0.2) is 0 Å². The van der Waals surface area contributed by atoms with Crippen molar-refractivity contribution in [2.24, 2.45) is 0 Å². The van der Waals surface area contributed by atoms with Gasteiger partial charge in [0.1, 0.15) is 0 Å². The number of aryl methyl sites for hydroxylation is 2. The van der Waals surface area contributed by atoms with Gasteiger partial charge in [-0.2, -0.15) is 0 Å². The fourth-order valence-electron chi connectivity index (χ4n) is 2.06. The molecular formula is C14H25N3OS. The summed E-state index contributed by atoms with van der Waals surface area (Å²) in [6, 6.07) is 0.454. The highest BCUT2D eigenvalue weighted by atomic mass is 32.1. The normalized spacial score (nSPS) is 12.7. The third-order valence-electron chi connectivity index (χ3n) is 3.25. The third-order valence-corrected chi connectivity index (χ3v) is 4.51. The van der Waals surface area contributed by atoms with Crippen molar-refractivity contribution in [3.63, 3.8) is 0 Å². The number of nitrogens with one attached hydrogen (secondary N) is 2. The lowest BCUT2D eigenvalue weighted by Gasteiger charge is -2.17. The van der Waals surface area contributed by atoms with Crippen molar-refractivity contribution in [3.8, 4) is 0 Å². The summed E-state index contributed by atoms with van der Waals surface area (Å²) >= 11 is 1.69. The molecule has 0 saturated carbocycles. The molecule has 0 spiro atoms. The quantitative estimate of drug-likeness (QED) is 0.809. The highest BCUT2D eigenvalue weighted by Gasteiger charge is 2.14. The largest absolute Gasteiger partial charge is 0.352 e. The number of hydrogen-bond donors (Lipinski definition) is 2. The average Bonchev–Trinajstić information content (AvgIpc) is 2.72. The first kappa shape index (κ1) is 16.1. The Balaban J connectivity index is 2.44. The van der Waals surface area contributed by atoms with Gasteiger partial charge in [-0.3, -0.25) is 4.79 Å². The van der Waals surface area contributed by atoms with Gasteiger partial charge in [0.15, 0.2) is 0 Å². The van der Waals surface area contributed by atoms with Gasteiger partial charge >= 0.3 is 0 Å². The van der Waals surface area contributed by atoms with E-state index in [4.69, 9.17) is 0 Å². The van der Waals surface area contributed by atoms with Gasteiger partial charge in [-0.05, 0) is 33.6 Å². The van der Waals surface area contributed by atoms with Crippen LogP contribution in [0.25, 0.3) is 0 Å². The standard InChI is InChI=1S/C14H25N3OS/c1-6-12(7-2)17-13(18)8-15-9(3)14-10(4)16-11(5)19-14/h9,12,15H,6-8H2,1-5H3,(H,17,18). The Hall–Kier alpha value is -0.940. The number of aromatic nitrogens is 1. The Bertz CT molecular complexity index is 413. The molecule has 1 heterocycles. The van der Waals surface area contributed by atoms with E-state index in [1.54, 1.807) is 11.3 Å². The van der Waals surface area contributed by atoms with E-state index in [0.29, 0.717) is 6.54 Å². The summed E-state index contributed by atoms with van der Waals surface area (Å²) in [6.45, 7) is 10.6. The topological polar surface area (TPSA) is 54.0 Å². The molecule has 1 amide bonds. The Morgan fingerprint density at radius 3 is 2.42 bits per heavy atom. The average molecular weight is 283 g/mol. The van der Waals surface area contributed by atoms with Crippen LogP contribution in [0.1, 0.15) is 55.2 Å². The first-order chi connectivity index (χ1) is 8.97. The Kier molecular flexibility index (Phi) is 6.45. The van der Waals surface area contributed by atoms with Crippen LogP contribution in [0.3, 0.4) is 0 Å². The molecule has 1 atom stereocenters. The summed E-state index contributed by atoms with van der Waals surface area (Å²) in [5, 5.41) is 7.37. The summed E-state index contributed by atoms with van der Waals surface area (Å²) < 4.78 is 0. The lowest BCUT2D eigenvalue weighted by Crippen LogP contribution is -2.40. The van der Waals surface area contributed by atoms with Crippen molar-refractivity contribution in [1.82, 2.24) is 15.6 Å². The zero-order valence-electron chi connectivity index (χ0n) is 12.5. The second-order valence-corrected chi connectivity index (χ2v) is 6.10. The summed E-state index contributed by atoms with van der Waals surface area (Å²) in [4.78, 5) is 17.4. The van der Waals surface area contributed by atoms with Crippen LogP contribution in [0.2, 0.25) is 0 Å². The maximum atomic E-state index is 11.8. The number of amides is 1. The van der Waals surface area contributed by atoms with E-state index in [0.717, 1.165) is 23.5 Å². The molecule has 19 heavy (non-hydrogen) atoms. The SMILES string of the molecule is CCC(CC)NC(=O)CNC(C)c1sc(C)nc1C. The van der Waals surface area contributed by atoms with Crippen LogP contribution < -0.4 is 10.6 Å². The van der Waals surface area contributed by atoms with E-state index in [1.165, 1.54) is 4.88 Å². The smallest absolute Gasteiger partial charge is 0.234 e. The fourth-order valence-corrected chi connectivity index (χ4v) is 3.01. The van der Waals surface area contributed by atoms with Gasteiger partial charge < -0.3 is 10.6 Å². The van der Waals surface area contributed by atoms with Crippen molar-refractivity contribution < 1.29 is 4.79 Å². The molecule has 0 saturated heterocycles. The number of nitrogens with zero attached hydrogens (tertiary/aromatic N) is 1. The number of rotatable bonds is 7. The molecule has 0 aliphatic rings. The number of hydrogen-bond acceptors (Lipinski definition) is 4. The zero-order valence-corrected chi connectivity index (χ0v) is 13.4. The second-order valence-electron chi connectivity index (χ2n) is 4.87. The minimum Gasteiger partial charge on any atom is -0.352 e. The van der Waals surface area contributed by atoms with Crippen molar-refractivity contribution in [1.29, 1.82) is 0 Å². The summed E-state index contributed by atoms with van der Waals surface area (Å²) in [7, 11) is 0. The highest BCUT2D eigenvalue weighted by Crippen LogP contribution is 2.23. The molecule has 0 radical (unpaired) electrons. The van der Waals surface area contributed by atoms with Crippen molar-refractivity contribution in [2.45, 2.75) is 59.5 Å². The van der Waals surface area contributed by atoms with Crippen LogP contribution >= 0.6 is 11.3 Å². The lowest BCUT2D eigenvalue weighted by molar-refractivity contribution is -0.121. The third kappa shape index (κ3) is 4.91. The molecule has 0 aliphatic heterocycles. The van der Waals surface area contributed by atoms with E-state index in [9.17, 15) is 4.79 Å². The Labute approximate surface area is 120 Å². The van der Waals surface area contributed by atoms with Crippen molar-refractivity contribution >= 4 is 17.2 Å². The second kappa shape index (κ2) is 7.60. The van der Waals surface area contributed by atoms with Gasteiger partial charge in [-0.25, -0.2) is 4.98 Å². The summed E-state index contributed by atoms with van der Waals surface area (Å²) in [5.41, 5.74) is 1.06. The monoisotopic (exact) mass is 283 g/mol. The molecule has 1 aromatic rings. The molecular weight excluding hydrogens is 258 g/mol. The van der Waals surface area contributed by atoms with E-state index in [-0.39, 0.29) is 18.0 Å². The van der Waals surface area contributed by atoms with Gasteiger partial charge in [0.05, 0.1) is 17.2 Å². The van der Waals surface area contributed by atoms with E-state index >= 15 is 0 Å². The molecule has 1 aromatic heterocycles. The van der Waals surface area contributed by atoms with Crippen molar-refractivity contribution in [3.05, 3.63) is 15.6 Å². The number of carbonyl (C=O) groups excluding carboxylic acids is 1. The van der Waals surface area contributed by atoms with Gasteiger partial charge in [0, 0.05) is 17.0 Å². The van der Waals surface area contributed by atoms with Crippen LogP contribution in [0, 0.1) is 13.8 Å². The molecule has 2 N–H and O–H groups in total. The maximum Gasteiger partial charge on any atom is 0.234 e. The molecule has 4 nitrogen and oxygen atoms in total. The minimum atomic E-state index is 0.0689. The van der Waals surface area contributed by atoms with Gasteiger partial charge in [0.2, 0.25) is 5.91 Å². The molecule has 0 aliphatic carbocycles. The van der Waals surface area contributed by atoms with Crippen LogP contribution in [-0.2, 0) is 4.79 Å². The van der Waals surface area contributed by atoms with Gasteiger partial charge in [-0.1, -0.05) is 13.8 Å². The summed E-state index contributed by atoms with van der Waals surface area (Å²) in [5.74, 6) is 0.0689. The predicted octanol–water partition coefficient (Wildman–Crippen LogP) is 2.72. The van der Waals surface area contributed by atoms with Crippen LogP contribution in [0.4, 0.5) is 0 Å². The maximum absolute atomic E-state index is 11.8. The molecule has 1 rings (SSSR count). The number of carbonyl (C=O) groups is 1. The van der Waals surface area contributed by atoms with Crippen LogP contribution in [-0.4, -0.2) is 23.5 Å². The first-order valence-electron chi connectivity index (χ1n) is 6.94. The van der Waals surface area contributed by atoms with E-state index < -0.39 is 0 Å². The molecule has 1 unspecified atom stereocenters. The van der Waals surface area contributed by atoms with E-state index in [1.807, 2.05) is 13.8 Å². The lowest BCUT2D eigenvalue weighted by atomic mass is 10.2. The zero-order chi connectivity index (χ0) is 14.4. The molecule has 0 aromatic carbocycles. The van der Waals surface area contributed by atoms with Gasteiger partial charge in [-0.15, -0.1) is 11.3 Å². The Morgan fingerprint density at radius 2 is 1.95 bits per heavy atom. The van der Waals surface area contributed by atoms with E-state index in [2.05, 4.69) is 36.4 Å². The van der Waals surface area contributed by atoms with Crippen LogP contribution in [0.5, 0.6) is 0 Å². The highest BCUT2D eigenvalue weighted by molar-refractivity contribution is 7.11. The number of thiazole rings is 1. The minimum absolute atomic E-state index is 0.0689. The predicted molar refractivity (Wildman–Crippen MR) is 80.5 cm³/mol. The molecule has 0 fully saturated rings. The first-order valence-corrected chi connectivity index (χ1v) is 7.76. The fraction of sp³-hybridized carbons (Fsp3) is 0.714.